The Kier molecular flexibility index (Phi) is 4.52. The minimum atomic E-state index is 0.666. The van der Waals surface area contributed by atoms with Gasteiger partial charge in [-0.3, -0.25) is 9.88 Å². The quantitative estimate of drug-likeness (QED) is 0.779. The minimum Gasteiger partial charge on any atom is -0.497 e. The van der Waals surface area contributed by atoms with E-state index in [0.717, 1.165) is 30.2 Å². The van der Waals surface area contributed by atoms with Crippen molar-refractivity contribution < 1.29 is 4.74 Å². The van der Waals surface area contributed by atoms with Gasteiger partial charge < -0.3 is 10.5 Å². The second-order valence-electron chi connectivity index (χ2n) is 3.67. The molecule has 0 saturated heterocycles. The molecule has 0 aliphatic heterocycles. The van der Waals surface area contributed by atoms with Crippen LogP contribution in [0.1, 0.15) is 11.4 Å². The van der Waals surface area contributed by atoms with Crippen molar-refractivity contribution in [1.82, 2.24) is 9.88 Å². The van der Waals surface area contributed by atoms with Crippen LogP contribution in [-0.2, 0) is 6.54 Å². The number of hydrogen-bond acceptors (Lipinski definition) is 4. The lowest BCUT2D eigenvalue weighted by Crippen LogP contribution is -2.25. The van der Waals surface area contributed by atoms with Crippen molar-refractivity contribution in [2.75, 3.05) is 27.2 Å². The number of ether oxygens (including phenoxy) is 1. The maximum atomic E-state index is 5.48. The molecule has 0 bridgehead atoms. The van der Waals surface area contributed by atoms with E-state index in [1.165, 1.54) is 0 Å². The molecule has 0 atom stereocenters. The fourth-order valence-electron chi connectivity index (χ4n) is 1.48. The summed E-state index contributed by atoms with van der Waals surface area (Å²) in [5.41, 5.74) is 7.48. The monoisotopic (exact) mass is 209 g/mol. The number of nitrogens with zero attached hydrogens (tertiary/aromatic N) is 2. The van der Waals surface area contributed by atoms with E-state index >= 15 is 0 Å². The first-order valence-corrected chi connectivity index (χ1v) is 5.06. The predicted molar refractivity (Wildman–Crippen MR) is 60.9 cm³/mol. The molecule has 4 heteroatoms. The normalized spacial score (nSPS) is 10.7. The lowest BCUT2D eigenvalue weighted by atomic mass is 10.3. The number of rotatable bonds is 5. The smallest absolute Gasteiger partial charge is 0.122 e. The Bertz CT molecular complexity index is 315. The van der Waals surface area contributed by atoms with Crippen LogP contribution < -0.4 is 10.5 Å². The van der Waals surface area contributed by atoms with E-state index in [0.29, 0.717) is 6.54 Å². The van der Waals surface area contributed by atoms with Crippen molar-refractivity contribution in [2.24, 2.45) is 5.73 Å². The highest BCUT2D eigenvalue weighted by Crippen LogP contribution is 2.14. The van der Waals surface area contributed by atoms with Crippen LogP contribution in [0.2, 0.25) is 0 Å². The van der Waals surface area contributed by atoms with Gasteiger partial charge in [-0.1, -0.05) is 0 Å². The van der Waals surface area contributed by atoms with Crippen molar-refractivity contribution in [2.45, 2.75) is 13.5 Å². The summed E-state index contributed by atoms with van der Waals surface area (Å²) in [4.78, 5) is 6.58. The molecule has 2 N–H and O–H groups in total. The van der Waals surface area contributed by atoms with Crippen LogP contribution >= 0.6 is 0 Å². The van der Waals surface area contributed by atoms with E-state index in [1.807, 2.05) is 26.1 Å². The molecule has 1 heterocycles. The second-order valence-corrected chi connectivity index (χ2v) is 3.67. The lowest BCUT2D eigenvalue weighted by Gasteiger charge is -2.15. The minimum absolute atomic E-state index is 0.666. The zero-order chi connectivity index (χ0) is 11.3. The van der Waals surface area contributed by atoms with E-state index in [2.05, 4.69) is 9.88 Å². The lowest BCUT2D eigenvalue weighted by molar-refractivity contribution is 0.330. The topological polar surface area (TPSA) is 51.4 Å². The molecule has 15 heavy (non-hydrogen) atoms. The van der Waals surface area contributed by atoms with Gasteiger partial charge in [0, 0.05) is 37.5 Å². The van der Waals surface area contributed by atoms with Gasteiger partial charge in [-0.2, -0.15) is 0 Å². The molecule has 1 aromatic heterocycles. The van der Waals surface area contributed by atoms with Crippen LogP contribution in [0.4, 0.5) is 0 Å². The fraction of sp³-hybridized carbons (Fsp3) is 0.545. The van der Waals surface area contributed by atoms with Crippen LogP contribution in [0.25, 0.3) is 0 Å². The van der Waals surface area contributed by atoms with Gasteiger partial charge >= 0.3 is 0 Å². The van der Waals surface area contributed by atoms with Crippen LogP contribution in [0.15, 0.2) is 12.1 Å². The Labute approximate surface area is 91.1 Å². The summed E-state index contributed by atoms with van der Waals surface area (Å²) in [6.45, 7) is 4.31. The first-order chi connectivity index (χ1) is 7.15. The third-order valence-corrected chi connectivity index (χ3v) is 2.16. The first-order valence-electron chi connectivity index (χ1n) is 5.06. The molecular weight excluding hydrogens is 190 g/mol. The first kappa shape index (κ1) is 11.9. The molecule has 0 fully saturated rings. The van der Waals surface area contributed by atoms with Gasteiger partial charge in [0.1, 0.15) is 5.75 Å². The van der Waals surface area contributed by atoms with Gasteiger partial charge in [0.2, 0.25) is 0 Å². The van der Waals surface area contributed by atoms with Gasteiger partial charge in [0.15, 0.2) is 0 Å². The van der Waals surface area contributed by atoms with Crippen LogP contribution in [0.5, 0.6) is 5.75 Å². The van der Waals surface area contributed by atoms with Crippen LogP contribution in [-0.4, -0.2) is 37.1 Å². The summed E-state index contributed by atoms with van der Waals surface area (Å²) < 4.78 is 5.19. The molecule has 0 radical (unpaired) electrons. The van der Waals surface area contributed by atoms with E-state index in [4.69, 9.17) is 10.5 Å². The summed E-state index contributed by atoms with van der Waals surface area (Å²) in [6.07, 6.45) is 0. The maximum absolute atomic E-state index is 5.48. The zero-order valence-corrected chi connectivity index (χ0v) is 9.66. The van der Waals surface area contributed by atoms with Gasteiger partial charge in [-0.05, 0) is 14.0 Å². The Balaban J connectivity index is 2.71. The molecular formula is C11H19N3O. The van der Waals surface area contributed by atoms with E-state index < -0.39 is 0 Å². The average molecular weight is 209 g/mol. The van der Waals surface area contributed by atoms with Crippen LogP contribution in [0, 0.1) is 6.92 Å². The predicted octanol–water partition coefficient (Wildman–Crippen LogP) is 0.789. The molecule has 0 aliphatic rings. The van der Waals surface area contributed by atoms with Gasteiger partial charge in [-0.25, -0.2) is 0 Å². The van der Waals surface area contributed by atoms with Crippen molar-refractivity contribution in [3.63, 3.8) is 0 Å². The summed E-state index contributed by atoms with van der Waals surface area (Å²) >= 11 is 0. The third kappa shape index (κ3) is 3.85. The Morgan fingerprint density at radius 3 is 2.80 bits per heavy atom. The Morgan fingerprint density at radius 2 is 2.20 bits per heavy atom. The second kappa shape index (κ2) is 5.68. The molecule has 1 rings (SSSR count). The summed E-state index contributed by atoms with van der Waals surface area (Å²) in [5, 5.41) is 0. The Morgan fingerprint density at radius 1 is 1.47 bits per heavy atom. The number of aryl methyl sites for hydroxylation is 1. The highest BCUT2D eigenvalue weighted by Gasteiger charge is 2.03. The van der Waals surface area contributed by atoms with Gasteiger partial charge in [0.05, 0.1) is 12.8 Å². The number of pyridine rings is 1. The van der Waals surface area contributed by atoms with E-state index in [-0.39, 0.29) is 0 Å². The van der Waals surface area contributed by atoms with Crippen molar-refractivity contribution in [3.05, 3.63) is 23.5 Å². The highest BCUT2D eigenvalue weighted by molar-refractivity contribution is 5.26. The highest BCUT2D eigenvalue weighted by atomic mass is 16.5. The van der Waals surface area contributed by atoms with Crippen LogP contribution in [0.3, 0.4) is 0 Å². The molecule has 0 amide bonds. The number of hydrogen-bond donors (Lipinski definition) is 1. The largest absolute Gasteiger partial charge is 0.497 e. The third-order valence-electron chi connectivity index (χ3n) is 2.16. The standard InChI is InChI=1S/C11H19N3O/c1-9-6-11(15-3)7-10(13-9)8-14(2)5-4-12/h6-7H,4-5,8,12H2,1-3H3. The number of methoxy groups -OCH3 is 1. The van der Waals surface area contributed by atoms with E-state index in [1.54, 1.807) is 7.11 Å². The molecule has 0 spiro atoms. The molecule has 0 unspecified atom stereocenters. The van der Waals surface area contributed by atoms with Crippen molar-refractivity contribution in [3.8, 4) is 5.75 Å². The summed E-state index contributed by atoms with van der Waals surface area (Å²) in [6, 6.07) is 3.88. The molecule has 0 aromatic carbocycles. The molecule has 4 nitrogen and oxygen atoms in total. The molecule has 84 valence electrons. The van der Waals surface area contributed by atoms with Gasteiger partial charge in [0.25, 0.3) is 0 Å². The summed E-state index contributed by atoms with van der Waals surface area (Å²) in [5.74, 6) is 0.860. The SMILES string of the molecule is COc1cc(C)nc(CN(C)CCN)c1. The number of nitrogens with two attached hydrogens (primary N) is 1. The molecule has 0 saturated carbocycles. The summed E-state index contributed by atoms with van der Waals surface area (Å²) in [7, 11) is 3.70. The zero-order valence-electron chi connectivity index (χ0n) is 9.66. The fourth-order valence-corrected chi connectivity index (χ4v) is 1.48. The number of aromatic nitrogens is 1. The Hall–Kier alpha value is -1.13. The van der Waals surface area contributed by atoms with Crippen molar-refractivity contribution in [1.29, 1.82) is 0 Å². The van der Waals surface area contributed by atoms with E-state index in [9.17, 15) is 0 Å². The maximum Gasteiger partial charge on any atom is 0.122 e. The molecule has 1 aromatic rings. The van der Waals surface area contributed by atoms with Crippen molar-refractivity contribution >= 4 is 0 Å². The van der Waals surface area contributed by atoms with Gasteiger partial charge in [-0.15, -0.1) is 0 Å². The average Bonchev–Trinajstić information content (AvgIpc) is 2.17. The molecule has 0 aliphatic carbocycles. The number of likely N-dealkylation sites (N-methyl/N-ethyl adjacent to an activating group) is 1.